The molecule has 0 radical (unpaired) electrons. The Morgan fingerprint density at radius 2 is 2.04 bits per heavy atom. The zero-order chi connectivity index (χ0) is 18.6. The molecular weight excluding hydrogens is 383 g/mol. The lowest BCUT2D eigenvalue weighted by Crippen LogP contribution is -2.43. The first-order valence-electron chi connectivity index (χ1n) is 7.49. The SMILES string of the molecule is CC(C)N(CC(N)=O)CC(=O)Nc1nc(-c2ccc(Cl)cc2Cl)cs1. The molecule has 0 aliphatic rings. The molecule has 1 aromatic heterocycles. The molecule has 0 saturated heterocycles. The van der Waals surface area contributed by atoms with Crippen LogP contribution in [0.1, 0.15) is 13.8 Å². The monoisotopic (exact) mass is 400 g/mol. The molecule has 0 saturated carbocycles. The summed E-state index contributed by atoms with van der Waals surface area (Å²) in [4.78, 5) is 29.3. The second-order valence-corrected chi connectivity index (χ2v) is 7.38. The average molecular weight is 401 g/mol. The number of carbonyl (C=O) groups is 2. The second-order valence-electron chi connectivity index (χ2n) is 5.68. The summed E-state index contributed by atoms with van der Waals surface area (Å²) >= 11 is 13.4. The lowest BCUT2D eigenvalue weighted by atomic mass is 10.2. The summed E-state index contributed by atoms with van der Waals surface area (Å²) in [7, 11) is 0. The third kappa shape index (κ3) is 5.67. The molecule has 1 aromatic carbocycles. The topological polar surface area (TPSA) is 88.3 Å². The van der Waals surface area contributed by atoms with Crippen molar-refractivity contribution in [3.63, 3.8) is 0 Å². The number of carbonyl (C=O) groups excluding carboxylic acids is 2. The van der Waals surface area contributed by atoms with E-state index in [0.29, 0.717) is 20.9 Å². The number of hydrogen-bond donors (Lipinski definition) is 2. The number of hydrogen-bond acceptors (Lipinski definition) is 5. The van der Waals surface area contributed by atoms with Gasteiger partial charge < -0.3 is 11.1 Å². The van der Waals surface area contributed by atoms with E-state index in [1.807, 2.05) is 13.8 Å². The van der Waals surface area contributed by atoms with Crippen LogP contribution in [0.4, 0.5) is 5.13 Å². The van der Waals surface area contributed by atoms with Crippen molar-refractivity contribution in [2.24, 2.45) is 5.73 Å². The number of nitrogens with one attached hydrogen (secondary N) is 1. The number of thiazole rings is 1. The van der Waals surface area contributed by atoms with E-state index in [0.717, 1.165) is 5.56 Å². The number of anilines is 1. The van der Waals surface area contributed by atoms with E-state index in [-0.39, 0.29) is 25.0 Å². The summed E-state index contributed by atoms with van der Waals surface area (Å²) in [6, 6.07) is 5.15. The predicted molar refractivity (Wildman–Crippen MR) is 102 cm³/mol. The van der Waals surface area contributed by atoms with Gasteiger partial charge >= 0.3 is 0 Å². The molecule has 3 N–H and O–H groups in total. The minimum Gasteiger partial charge on any atom is -0.369 e. The maximum atomic E-state index is 12.2. The molecule has 9 heteroatoms. The van der Waals surface area contributed by atoms with Crippen LogP contribution in [0, 0.1) is 0 Å². The Balaban J connectivity index is 2.05. The fourth-order valence-electron chi connectivity index (χ4n) is 2.12. The summed E-state index contributed by atoms with van der Waals surface area (Å²) in [6.45, 7) is 3.85. The largest absolute Gasteiger partial charge is 0.369 e. The Bertz CT molecular complexity index is 779. The minimum atomic E-state index is -0.476. The van der Waals surface area contributed by atoms with Gasteiger partial charge in [0.2, 0.25) is 11.8 Å². The molecule has 0 spiro atoms. The van der Waals surface area contributed by atoms with E-state index in [4.69, 9.17) is 28.9 Å². The van der Waals surface area contributed by atoms with Crippen LogP contribution in [0.2, 0.25) is 10.0 Å². The fraction of sp³-hybridized carbons (Fsp3) is 0.312. The third-order valence-electron chi connectivity index (χ3n) is 3.39. The molecular formula is C16H18Cl2N4O2S. The number of primary amides is 1. The van der Waals surface area contributed by atoms with Crippen molar-refractivity contribution in [2.75, 3.05) is 18.4 Å². The van der Waals surface area contributed by atoms with Crippen LogP contribution < -0.4 is 11.1 Å². The van der Waals surface area contributed by atoms with Gasteiger partial charge in [-0.25, -0.2) is 4.98 Å². The van der Waals surface area contributed by atoms with Gasteiger partial charge in [-0.05, 0) is 32.0 Å². The molecule has 2 rings (SSSR count). The van der Waals surface area contributed by atoms with Crippen LogP contribution in [0.5, 0.6) is 0 Å². The number of amides is 2. The van der Waals surface area contributed by atoms with Crippen LogP contribution in [-0.4, -0.2) is 40.8 Å². The maximum absolute atomic E-state index is 12.2. The summed E-state index contributed by atoms with van der Waals surface area (Å²) in [6.07, 6.45) is 0. The zero-order valence-corrected chi connectivity index (χ0v) is 16.1. The van der Waals surface area contributed by atoms with Gasteiger partial charge in [0.05, 0.1) is 23.8 Å². The molecule has 2 amide bonds. The van der Waals surface area contributed by atoms with Crippen LogP contribution >= 0.6 is 34.5 Å². The number of rotatable bonds is 7. The number of halogens is 2. The second kappa shape index (κ2) is 8.62. The van der Waals surface area contributed by atoms with Crippen LogP contribution in [0.15, 0.2) is 23.6 Å². The van der Waals surface area contributed by atoms with Crippen molar-refractivity contribution in [2.45, 2.75) is 19.9 Å². The molecule has 0 bridgehead atoms. The minimum absolute atomic E-state index is 0.0120. The zero-order valence-electron chi connectivity index (χ0n) is 13.8. The van der Waals surface area contributed by atoms with Gasteiger partial charge in [0.15, 0.2) is 5.13 Å². The molecule has 134 valence electrons. The standard InChI is InChI=1S/C16H18Cl2N4O2S/c1-9(2)22(6-14(19)23)7-15(24)21-16-20-13(8-25-16)11-4-3-10(17)5-12(11)18/h3-5,8-9H,6-7H2,1-2H3,(H2,19,23)(H,20,21,24). The van der Waals surface area contributed by atoms with Gasteiger partial charge in [0.1, 0.15) is 0 Å². The first kappa shape index (κ1) is 19.7. The highest BCUT2D eigenvalue weighted by atomic mass is 35.5. The van der Waals surface area contributed by atoms with Gasteiger partial charge in [-0.2, -0.15) is 0 Å². The number of nitrogens with zero attached hydrogens (tertiary/aromatic N) is 2. The van der Waals surface area contributed by atoms with Gasteiger partial charge in [-0.3, -0.25) is 14.5 Å². The number of aromatic nitrogens is 1. The van der Waals surface area contributed by atoms with Gasteiger partial charge in [-0.15, -0.1) is 11.3 Å². The Hall–Kier alpha value is -1.67. The van der Waals surface area contributed by atoms with E-state index in [2.05, 4.69) is 10.3 Å². The Morgan fingerprint density at radius 3 is 2.64 bits per heavy atom. The lowest BCUT2D eigenvalue weighted by molar-refractivity contribution is -0.121. The number of benzene rings is 1. The molecule has 25 heavy (non-hydrogen) atoms. The van der Waals surface area contributed by atoms with Crippen molar-refractivity contribution < 1.29 is 9.59 Å². The summed E-state index contributed by atoms with van der Waals surface area (Å²) in [5.74, 6) is -0.742. The Morgan fingerprint density at radius 1 is 1.32 bits per heavy atom. The van der Waals surface area contributed by atoms with E-state index in [9.17, 15) is 9.59 Å². The van der Waals surface area contributed by atoms with E-state index in [1.165, 1.54) is 11.3 Å². The van der Waals surface area contributed by atoms with E-state index < -0.39 is 5.91 Å². The summed E-state index contributed by atoms with van der Waals surface area (Å²) < 4.78 is 0. The van der Waals surface area contributed by atoms with Crippen molar-refractivity contribution in [3.8, 4) is 11.3 Å². The molecule has 2 aromatic rings. The third-order valence-corrected chi connectivity index (χ3v) is 4.70. The van der Waals surface area contributed by atoms with Crippen LogP contribution in [0.3, 0.4) is 0 Å². The molecule has 0 aliphatic carbocycles. The maximum Gasteiger partial charge on any atom is 0.240 e. The van der Waals surface area contributed by atoms with Crippen molar-refractivity contribution in [1.29, 1.82) is 0 Å². The highest BCUT2D eigenvalue weighted by Crippen LogP contribution is 2.32. The molecule has 0 aliphatic heterocycles. The lowest BCUT2D eigenvalue weighted by Gasteiger charge is -2.23. The smallest absolute Gasteiger partial charge is 0.240 e. The molecule has 0 fully saturated rings. The molecule has 0 atom stereocenters. The van der Waals surface area contributed by atoms with E-state index in [1.54, 1.807) is 28.5 Å². The summed E-state index contributed by atoms with van der Waals surface area (Å²) in [5.41, 5.74) is 6.60. The van der Waals surface area contributed by atoms with Crippen molar-refractivity contribution >= 4 is 51.5 Å². The quantitative estimate of drug-likeness (QED) is 0.746. The normalized spacial score (nSPS) is 11.1. The predicted octanol–water partition coefficient (Wildman–Crippen LogP) is 3.25. The first-order valence-corrected chi connectivity index (χ1v) is 9.13. The molecule has 6 nitrogen and oxygen atoms in total. The van der Waals surface area contributed by atoms with Gasteiger partial charge in [0, 0.05) is 22.0 Å². The average Bonchev–Trinajstić information content (AvgIpc) is 2.94. The Labute approximate surface area is 159 Å². The number of nitrogens with two attached hydrogens (primary N) is 1. The van der Waals surface area contributed by atoms with Crippen LogP contribution in [-0.2, 0) is 9.59 Å². The highest BCUT2D eigenvalue weighted by Gasteiger charge is 2.17. The fourth-order valence-corrected chi connectivity index (χ4v) is 3.35. The van der Waals surface area contributed by atoms with Crippen molar-refractivity contribution in [3.05, 3.63) is 33.6 Å². The molecule has 0 unspecified atom stereocenters. The first-order chi connectivity index (χ1) is 11.8. The van der Waals surface area contributed by atoms with Crippen LogP contribution in [0.25, 0.3) is 11.3 Å². The van der Waals surface area contributed by atoms with Crippen molar-refractivity contribution in [1.82, 2.24) is 9.88 Å². The van der Waals surface area contributed by atoms with Gasteiger partial charge in [0.25, 0.3) is 0 Å². The summed E-state index contributed by atoms with van der Waals surface area (Å²) in [5, 5.41) is 6.01. The Kier molecular flexibility index (Phi) is 6.78. The van der Waals surface area contributed by atoms with Gasteiger partial charge in [-0.1, -0.05) is 23.2 Å². The highest BCUT2D eigenvalue weighted by molar-refractivity contribution is 7.14. The van der Waals surface area contributed by atoms with E-state index >= 15 is 0 Å². The molecule has 1 heterocycles.